The van der Waals surface area contributed by atoms with Crippen molar-refractivity contribution in [3.63, 3.8) is 0 Å². The number of aliphatic hydroxyl groups is 1. The maximum atomic E-state index is 14.0. The Kier molecular flexibility index (Phi) is 9.90. The second kappa shape index (κ2) is 13.7. The van der Waals surface area contributed by atoms with E-state index in [-0.39, 0.29) is 55.0 Å². The molecular weight excluding hydrogens is 588 g/mol. The van der Waals surface area contributed by atoms with Crippen molar-refractivity contribution in [2.75, 3.05) is 33.4 Å². The van der Waals surface area contributed by atoms with Crippen LogP contribution in [0.15, 0.2) is 58.4 Å². The van der Waals surface area contributed by atoms with Crippen LogP contribution in [0, 0.1) is 11.8 Å². The van der Waals surface area contributed by atoms with Gasteiger partial charge in [-0.3, -0.25) is 4.99 Å². The number of hydrogen-bond donors (Lipinski definition) is 4. The Labute approximate surface area is 257 Å². The number of H-pyrrole nitrogens is 1. The zero-order valence-electron chi connectivity index (χ0n) is 25.0. The summed E-state index contributed by atoms with van der Waals surface area (Å²) in [7, 11) is -2.52. The third kappa shape index (κ3) is 7.08. The van der Waals surface area contributed by atoms with E-state index in [1.54, 1.807) is 13.1 Å². The monoisotopic (exact) mass is 628 g/mol. The van der Waals surface area contributed by atoms with Gasteiger partial charge in [-0.05, 0) is 36.5 Å². The Hall–Kier alpha value is -3.49. The van der Waals surface area contributed by atoms with Gasteiger partial charge in [-0.1, -0.05) is 50.2 Å². The van der Waals surface area contributed by atoms with Crippen LogP contribution in [-0.2, 0) is 30.7 Å². The third-order valence-corrected chi connectivity index (χ3v) is 9.78. The first-order chi connectivity index (χ1) is 21.1. The van der Waals surface area contributed by atoms with Crippen molar-refractivity contribution in [3.8, 4) is 5.88 Å². The molecule has 0 aliphatic carbocycles. The van der Waals surface area contributed by atoms with Crippen molar-refractivity contribution in [1.29, 1.82) is 0 Å². The number of hydrogen-bond acceptors (Lipinski definition) is 9. The van der Waals surface area contributed by atoms with E-state index in [0.717, 1.165) is 12.0 Å². The minimum absolute atomic E-state index is 0.000589. The molecule has 1 amide bonds. The van der Waals surface area contributed by atoms with Crippen LogP contribution in [0.2, 0.25) is 0 Å². The van der Waals surface area contributed by atoms with Crippen molar-refractivity contribution >= 4 is 33.2 Å². The van der Waals surface area contributed by atoms with Gasteiger partial charge in [-0.2, -0.15) is 4.31 Å². The Morgan fingerprint density at radius 2 is 1.98 bits per heavy atom. The molecule has 2 aromatic carbocycles. The summed E-state index contributed by atoms with van der Waals surface area (Å²) in [6.07, 6.45) is -0.373. The number of aromatic hydroxyl groups is 1. The first kappa shape index (κ1) is 31.9. The molecule has 5 rings (SSSR count). The van der Waals surface area contributed by atoms with Crippen LogP contribution in [0.25, 0.3) is 10.9 Å². The molecule has 13 heteroatoms. The van der Waals surface area contributed by atoms with Crippen molar-refractivity contribution in [3.05, 3.63) is 59.7 Å². The van der Waals surface area contributed by atoms with E-state index < -0.39 is 34.4 Å². The number of aliphatic imine (C=N–C) groups is 1. The van der Waals surface area contributed by atoms with Gasteiger partial charge >= 0.3 is 6.09 Å². The summed E-state index contributed by atoms with van der Waals surface area (Å²) in [5, 5.41) is 25.2. The number of sulfonamides is 1. The smallest absolute Gasteiger partial charge is 0.407 e. The highest BCUT2D eigenvalue weighted by molar-refractivity contribution is 7.89. The fourth-order valence-corrected chi connectivity index (χ4v) is 7.44. The molecular formula is C31H40N4O8S. The van der Waals surface area contributed by atoms with E-state index in [9.17, 15) is 23.4 Å². The van der Waals surface area contributed by atoms with Gasteiger partial charge in [0.15, 0.2) is 12.2 Å². The molecule has 2 fully saturated rings. The lowest BCUT2D eigenvalue weighted by molar-refractivity contribution is -0.0907. The van der Waals surface area contributed by atoms with Gasteiger partial charge in [0.25, 0.3) is 0 Å². The summed E-state index contributed by atoms with van der Waals surface area (Å²) in [4.78, 5) is 19.8. The van der Waals surface area contributed by atoms with Gasteiger partial charge in [-0.25, -0.2) is 13.2 Å². The molecule has 2 aliphatic rings. The van der Waals surface area contributed by atoms with Gasteiger partial charge in [0.2, 0.25) is 10.0 Å². The van der Waals surface area contributed by atoms with Crippen LogP contribution < -0.4 is 5.32 Å². The number of alkyl carbamates (subject to hydrolysis) is 1. The molecule has 0 saturated carbocycles. The summed E-state index contributed by atoms with van der Waals surface area (Å²) in [6, 6.07) is 13.0. The molecule has 238 valence electrons. The van der Waals surface area contributed by atoms with Gasteiger partial charge in [0.1, 0.15) is 6.10 Å². The molecule has 3 aromatic rings. The molecule has 0 bridgehead atoms. The molecule has 3 heterocycles. The molecule has 0 unspecified atom stereocenters. The Morgan fingerprint density at radius 1 is 1.20 bits per heavy atom. The van der Waals surface area contributed by atoms with Crippen LogP contribution in [0.5, 0.6) is 5.88 Å². The lowest BCUT2D eigenvalue weighted by atomic mass is 10.0. The minimum atomic E-state index is -4.10. The van der Waals surface area contributed by atoms with E-state index in [2.05, 4.69) is 15.3 Å². The minimum Gasteiger partial charge on any atom is -0.494 e. The zero-order valence-corrected chi connectivity index (χ0v) is 25.9. The normalized spacial score (nSPS) is 21.7. The largest absolute Gasteiger partial charge is 0.494 e. The Bertz CT molecular complexity index is 1580. The lowest BCUT2D eigenvalue weighted by Crippen LogP contribution is -2.51. The molecule has 0 spiro atoms. The summed E-state index contributed by atoms with van der Waals surface area (Å²) in [5.74, 6) is -0.220. The number of nitrogens with zero attached hydrogens (tertiary/aromatic N) is 2. The third-order valence-electron chi connectivity index (χ3n) is 7.95. The predicted molar refractivity (Wildman–Crippen MR) is 164 cm³/mol. The number of benzene rings is 2. The zero-order chi connectivity index (χ0) is 31.4. The van der Waals surface area contributed by atoms with E-state index in [1.165, 1.54) is 22.7 Å². The summed E-state index contributed by atoms with van der Waals surface area (Å²) in [5.41, 5.74) is 1.75. The molecule has 2 aliphatic heterocycles. The highest BCUT2D eigenvalue weighted by atomic mass is 32.2. The number of aromatic nitrogens is 1. The standard InChI is InChI=1S/C31H40N4O8S/c1-19(2)16-35(44(39,40)21-9-10-22-24(15-32-3)29(37)33-25(22)14-21)17-27(36)26(13-20-7-5-4-6-8-20)34-31(38)43-28-18-42-30-23(28)11-12-41-30/h4-10,14-15,19,23,26-28,30,33,36-37H,11-13,16-18H2,1-3H3,(H,34,38)/t23-,26+,27-,28+,30+/m1/s1. The van der Waals surface area contributed by atoms with E-state index >= 15 is 0 Å². The van der Waals surface area contributed by atoms with E-state index in [0.29, 0.717) is 23.1 Å². The van der Waals surface area contributed by atoms with Crippen LogP contribution in [0.4, 0.5) is 4.79 Å². The van der Waals surface area contributed by atoms with Crippen molar-refractivity contribution in [2.24, 2.45) is 16.8 Å². The molecule has 2 saturated heterocycles. The van der Waals surface area contributed by atoms with Gasteiger partial charge in [0, 0.05) is 31.7 Å². The van der Waals surface area contributed by atoms with Crippen molar-refractivity contribution in [2.45, 2.75) is 56.1 Å². The number of rotatable bonds is 12. The number of fused-ring (bicyclic) bond motifs is 2. The fourth-order valence-electron chi connectivity index (χ4n) is 5.79. The molecule has 5 atom stereocenters. The van der Waals surface area contributed by atoms with Crippen molar-refractivity contribution in [1.82, 2.24) is 14.6 Å². The van der Waals surface area contributed by atoms with Gasteiger partial charge in [-0.15, -0.1) is 0 Å². The average Bonchev–Trinajstić information content (AvgIpc) is 3.68. The SMILES string of the molecule is CN=Cc1c(O)[nH]c2cc(S(=O)(=O)N(CC(C)C)C[C@@H](O)[C@H](Cc3ccccc3)NC(=O)O[C@H]3CO[C@@H]4OCC[C@@H]43)ccc12. The average molecular weight is 629 g/mol. The van der Waals surface area contributed by atoms with Crippen LogP contribution in [0.1, 0.15) is 31.4 Å². The number of amides is 1. The highest BCUT2D eigenvalue weighted by Gasteiger charge is 2.44. The van der Waals surface area contributed by atoms with Crippen LogP contribution in [0.3, 0.4) is 0 Å². The second-order valence-electron chi connectivity index (χ2n) is 11.7. The maximum absolute atomic E-state index is 14.0. The number of aliphatic hydroxyl groups excluding tert-OH is 1. The number of carbonyl (C=O) groups is 1. The topological polar surface area (TPSA) is 163 Å². The summed E-state index contributed by atoms with van der Waals surface area (Å²) in [6.45, 7) is 4.40. The molecule has 44 heavy (non-hydrogen) atoms. The van der Waals surface area contributed by atoms with Crippen LogP contribution >= 0.6 is 0 Å². The Morgan fingerprint density at radius 3 is 2.70 bits per heavy atom. The number of aromatic amines is 1. The fraction of sp³-hybridized carbons (Fsp3) is 0.484. The van der Waals surface area contributed by atoms with E-state index in [1.807, 2.05) is 44.2 Å². The highest BCUT2D eigenvalue weighted by Crippen LogP contribution is 2.33. The van der Waals surface area contributed by atoms with Crippen molar-refractivity contribution < 1.29 is 37.6 Å². The van der Waals surface area contributed by atoms with Gasteiger partial charge < -0.3 is 34.7 Å². The summed E-state index contributed by atoms with van der Waals surface area (Å²) < 4.78 is 46.0. The number of ether oxygens (including phenoxy) is 3. The lowest BCUT2D eigenvalue weighted by Gasteiger charge is -2.31. The number of nitrogens with one attached hydrogen (secondary N) is 2. The molecule has 1 aromatic heterocycles. The first-order valence-corrected chi connectivity index (χ1v) is 16.2. The second-order valence-corrected chi connectivity index (χ2v) is 13.6. The predicted octanol–water partition coefficient (Wildman–Crippen LogP) is 3.03. The molecule has 4 N–H and O–H groups in total. The summed E-state index contributed by atoms with van der Waals surface area (Å²) >= 11 is 0. The van der Waals surface area contributed by atoms with Gasteiger partial charge in [0.05, 0.1) is 47.3 Å². The van der Waals surface area contributed by atoms with Crippen LogP contribution in [-0.4, -0.2) is 98.1 Å². The Balaban J connectivity index is 1.37. The first-order valence-electron chi connectivity index (χ1n) is 14.8. The quantitative estimate of drug-likeness (QED) is 0.223. The maximum Gasteiger partial charge on any atom is 0.407 e. The number of carbonyl (C=O) groups excluding carboxylic acids is 1. The molecule has 12 nitrogen and oxygen atoms in total. The van der Waals surface area contributed by atoms with E-state index in [4.69, 9.17) is 14.2 Å². The molecule has 0 radical (unpaired) electrons.